The zero-order chi connectivity index (χ0) is 17.1. The van der Waals surface area contributed by atoms with E-state index >= 15 is 0 Å². The number of H-pyrrole nitrogens is 1. The number of carbonyl (C=O) groups is 2. The number of thioether (sulfide) groups is 1. The molecule has 1 N–H and O–H groups in total. The molecule has 0 radical (unpaired) electrons. The summed E-state index contributed by atoms with van der Waals surface area (Å²) in [6.45, 7) is 3.21. The highest BCUT2D eigenvalue weighted by atomic mass is 32.2. The lowest BCUT2D eigenvalue weighted by molar-refractivity contribution is -0.132. The van der Waals surface area contributed by atoms with Gasteiger partial charge >= 0.3 is 0 Å². The molecule has 2 amide bonds. The van der Waals surface area contributed by atoms with E-state index in [0.717, 1.165) is 5.75 Å². The fourth-order valence-corrected chi connectivity index (χ4v) is 3.42. The Kier molecular flexibility index (Phi) is 4.84. The number of nitrogens with one attached hydrogen (secondary N) is 1. The molecule has 0 bridgehead atoms. The molecule has 2 aromatic rings. The van der Waals surface area contributed by atoms with Crippen molar-refractivity contribution in [2.24, 2.45) is 0 Å². The van der Waals surface area contributed by atoms with Crippen LogP contribution >= 0.6 is 11.8 Å². The van der Waals surface area contributed by atoms with E-state index in [1.165, 1.54) is 11.8 Å². The molecule has 1 aliphatic rings. The van der Waals surface area contributed by atoms with Crippen molar-refractivity contribution in [3.8, 4) is 0 Å². The van der Waals surface area contributed by atoms with E-state index in [4.69, 9.17) is 0 Å². The van der Waals surface area contributed by atoms with Gasteiger partial charge in [0.05, 0.1) is 17.4 Å². The van der Waals surface area contributed by atoms with Gasteiger partial charge in [0, 0.05) is 18.8 Å². The summed E-state index contributed by atoms with van der Waals surface area (Å²) >= 11 is 1.23. The maximum atomic E-state index is 12.4. The molecule has 1 fully saturated rings. The summed E-state index contributed by atoms with van der Waals surface area (Å²) in [5.41, 5.74) is 0.385. The Hall–Kier alpha value is -2.35. The van der Waals surface area contributed by atoms with Gasteiger partial charge in [-0.3, -0.25) is 14.4 Å². The average Bonchev–Trinajstić information content (AvgIpc) is 2.97. The molecule has 1 aliphatic heterocycles. The number of hydrogen-bond acceptors (Lipinski definition) is 5. The van der Waals surface area contributed by atoms with Gasteiger partial charge in [-0.2, -0.15) is 0 Å². The van der Waals surface area contributed by atoms with Crippen LogP contribution in [0.2, 0.25) is 0 Å². The van der Waals surface area contributed by atoms with E-state index in [1.807, 2.05) is 13.0 Å². The average molecular weight is 346 g/mol. The second kappa shape index (κ2) is 7.04. The third-order valence-electron chi connectivity index (χ3n) is 3.91. The first-order valence-corrected chi connectivity index (χ1v) is 8.74. The minimum absolute atomic E-state index is 0.0587. The van der Waals surface area contributed by atoms with Gasteiger partial charge in [-0.1, -0.05) is 23.9 Å². The number of likely N-dealkylation sites (N-methyl/N-ethyl adjacent to an activating group) is 1. The van der Waals surface area contributed by atoms with Crippen molar-refractivity contribution in [2.45, 2.75) is 13.5 Å². The highest BCUT2D eigenvalue weighted by Gasteiger charge is 2.25. The Morgan fingerprint density at radius 3 is 2.88 bits per heavy atom. The monoisotopic (exact) mass is 346 g/mol. The lowest BCUT2D eigenvalue weighted by Gasteiger charge is -2.23. The van der Waals surface area contributed by atoms with E-state index in [9.17, 15) is 14.4 Å². The Morgan fingerprint density at radius 1 is 1.38 bits per heavy atom. The summed E-state index contributed by atoms with van der Waals surface area (Å²) in [6, 6.07) is 7.08. The van der Waals surface area contributed by atoms with Crippen LogP contribution < -0.4 is 5.56 Å². The number of aromatic amines is 1. The van der Waals surface area contributed by atoms with Gasteiger partial charge in [0.1, 0.15) is 12.4 Å². The van der Waals surface area contributed by atoms with Gasteiger partial charge in [-0.05, 0) is 19.1 Å². The van der Waals surface area contributed by atoms with Gasteiger partial charge in [0.15, 0.2) is 0 Å². The standard InChI is InChI=1S/C16H18N4O3S/c1-2-19(14(21)10-20-7-8-24-16(20)23)9-13-17-12-6-4-3-5-11(12)15(22)18-13/h3-6H,2,7-10H2,1H3,(H,17,18,22). The lowest BCUT2D eigenvalue weighted by Crippen LogP contribution is -2.40. The number of rotatable bonds is 5. The first-order valence-electron chi connectivity index (χ1n) is 7.76. The number of para-hydroxylation sites is 1. The molecule has 0 saturated carbocycles. The summed E-state index contributed by atoms with van der Waals surface area (Å²) < 4.78 is 0. The van der Waals surface area contributed by atoms with Gasteiger partial charge in [0.25, 0.3) is 10.8 Å². The molecule has 2 heterocycles. The summed E-state index contributed by atoms with van der Waals surface area (Å²) in [5, 5.41) is 0.465. The highest BCUT2D eigenvalue weighted by molar-refractivity contribution is 8.13. The molecular formula is C16H18N4O3S. The van der Waals surface area contributed by atoms with Gasteiger partial charge in [-0.25, -0.2) is 4.98 Å². The number of amides is 2. The Labute approximate surface area is 143 Å². The Balaban J connectivity index is 1.76. The summed E-state index contributed by atoms with van der Waals surface area (Å²) in [6.07, 6.45) is 0. The zero-order valence-corrected chi connectivity index (χ0v) is 14.1. The highest BCUT2D eigenvalue weighted by Crippen LogP contribution is 2.17. The number of benzene rings is 1. The molecule has 1 saturated heterocycles. The maximum absolute atomic E-state index is 12.4. The van der Waals surface area contributed by atoms with E-state index in [-0.39, 0.29) is 29.8 Å². The maximum Gasteiger partial charge on any atom is 0.282 e. The van der Waals surface area contributed by atoms with Crippen molar-refractivity contribution in [1.82, 2.24) is 19.8 Å². The molecule has 1 aromatic heterocycles. The first-order chi connectivity index (χ1) is 11.6. The molecule has 126 valence electrons. The molecule has 7 nitrogen and oxygen atoms in total. The number of hydrogen-bond donors (Lipinski definition) is 1. The van der Waals surface area contributed by atoms with Crippen molar-refractivity contribution in [2.75, 3.05) is 25.4 Å². The predicted octanol–water partition coefficient (Wildman–Crippen LogP) is 1.44. The Morgan fingerprint density at radius 2 is 2.17 bits per heavy atom. The molecule has 0 spiro atoms. The predicted molar refractivity (Wildman–Crippen MR) is 92.9 cm³/mol. The first kappa shape index (κ1) is 16.5. The molecule has 0 atom stereocenters. The number of fused-ring (bicyclic) bond motifs is 1. The Bertz CT molecular complexity index is 835. The lowest BCUT2D eigenvalue weighted by atomic mass is 10.2. The molecular weight excluding hydrogens is 328 g/mol. The van der Waals surface area contributed by atoms with Gasteiger partial charge in [-0.15, -0.1) is 0 Å². The van der Waals surface area contributed by atoms with Crippen molar-refractivity contribution < 1.29 is 9.59 Å². The van der Waals surface area contributed by atoms with Crippen molar-refractivity contribution in [1.29, 1.82) is 0 Å². The molecule has 0 aliphatic carbocycles. The van der Waals surface area contributed by atoms with Crippen LogP contribution in [0.3, 0.4) is 0 Å². The fraction of sp³-hybridized carbons (Fsp3) is 0.375. The summed E-state index contributed by atoms with van der Waals surface area (Å²) in [7, 11) is 0. The van der Waals surface area contributed by atoms with Crippen LogP contribution in [0.15, 0.2) is 29.1 Å². The van der Waals surface area contributed by atoms with Crippen LogP contribution in [-0.2, 0) is 11.3 Å². The fourth-order valence-electron chi connectivity index (χ4n) is 2.60. The summed E-state index contributed by atoms with van der Waals surface area (Å²) in [4.78, 5) is 46.4. The largest absolute Gasteiger partial charge is 0.334 e. The molecule has 24 heavy (non-hydrogen) atoms. The normalized spacial score (nSPS) is 14.4. The van der Waals surface area contributed by atoms with Crippen LogP contribution in [0, 0.1) is 0 Å². The van der Waals surface area contributed by atoms with Gasteiger partial charge < -0.3 is 14.8 Å². The molecule has 0 unspecified atom stereocenters. The number of nitrogens with zero attached hydrogens (tertiary/aromatic N) is 3. The molecule has 1 aromatic carbocycles. The third-order valence-corrected chi connectivity index (χ3v) is 4.80. The van der Waals surface area contributed by atoms with Crippen molar-refractivity contribution in [3.05, 3.63) is 40.4 Å². The minimum atomic E-state index is -0.217. The second-order valence-corrected chi connectivity index (χ2v) is 6.52. The topological polar surface area (TPSA) is 86.4 Å². The van der Waals surface area contributed by atoms with Crippen LogP contribution in [-0.4, -0.2) is 56.3 Å². The van der Waals surface area contributed by atoms with Crippen molar-refractivity contribution >= 4 is 33.8 Å². The zero-order valence-electron chi connectivity index (χ0n) is 13.3. The van der Waals surface area contributed by atoms with E-state index in [2.05, 4.69) is 9.97 Å². The van der Waals surface area contributed by atoms with Gasteiger partial charge in [0.2, 0.25) is 5.91 Å². The van der Waals surface area contributed by atoms with Crippen LogP contribution in [0.5, 0.6) is 0 Å². The number of carbonyl (C=O) groups excluding carboxylic acids is 2. The van der Waals surface area contributed by atoms with Crippen molar-refractivity contribution in [3.63, 3.8) is 0 Å². The molecule has 3 rings (SSSR count). The minimum Gasteiger partial charge on any atom is -0.334 e. The van der Waals surface area contributed by atoms with Crippen LogP contribution in [0.4, 0.5) is 4.79 Å². The summed E-state index contributed by atoms with van der Waals surface area (Å²) in [5.74, 6) is 1.01. The number of aromatic nitrogens is 2. The molecule has 8 heteroatoms. The van der Waals surface area contributed by atoms with Crippen LogP contribution in [0.1, 0.15) is 12.7 Å². The van der Waals surface area contributed by atoms with E-state index < -0.39 is 0 Å². The quantitative estimate of drug-likeness (QED) is 0.885. The SMILES string of the molecule is CCN(Cc1nc2ccccc2c(=O)[nH]1)C(=O)CN1CCSC1=O. The van der Waals surface area contributed by atoms with Crippen LogP contribution in [0.25, 0.3) is 10.9 Å². The van der Waals surface area contributed by atoms with E-state index in [0.29, 0.717) is 29.8 Å². The second-order valence-electron chi connectivity index (χ2n) is 5.47. The smallest absolute Gasteiger partial charge is 0.282 e. The third kappa shape index (κ3) is 3.43. The van der Waals surface area contributed by atoms with E-state index in [1.54, 1.807) is 28.0 Å².